The number of halogens is 3. The normalized spacial score (nSPS) is 15.2. The summed E-state index contributed by atoms with van der Waals surface area (Å²) in [6, 6.07) is 3.89. The van der Waals surface area contributed by atoms with Crippen LogP contribution >= 0.6 is 47.8 Å². The van der Waals surface area contributed by atoms with Crippen LogP contribution in [0.3, 0.4) is 0 Å². The first-order valence-corrected chi connectivity index (χ1v) is 6.75. The van der Waals surface area contributed by atoms with Crippen LogP contribution in [0, 0.1) is 0 Å². The Hall–Kier alpha value is 0.460. The molecule has 0 aliphatic heterocycles. The third-order valence-corrected chi connectivity index (χ3v) is 4.26. The number of hydrogen-bond donors (Lipinski definition) is 1. The third kappa shape index (κ3) is 2.74. The minimum atomic E-state index is 0.253. The zero-order chi connectivity index (χ0) is 10.9. The van der Waals surface area contributed by atoms with Crippen molar-refractivity contribution in [1.82, 2.24) is 0 Å². The molecule has 0 bridgehead atoms. The molecule has 1 aromatic rings. The first-order chi connectivity index (χ1) is 6.43. The van der Waals surface area contributed by atoms with Crippen molar-refractivity contribution in [3.63, 3.8) is 0 Å². The predicted octanol–water partition coefficient (Wildman–Crippen LogP) is 4.80. The van der Waals surface area contributed by atoms with E-state index in [-0.39, 0.29) is 5.75 Å². The zero-order valence-corrected chi connectivity index (χ0v) is 12.6. The summed E-state index contributed by atoms with van der Waals surface area (Å²) in [7, 11) is 0. The number of aromatic hydroxyl groups is 1. The van der Waals surface area contributed by atoms with Crippen molar-refractivity contribution in [2.75, 3.05) is 0 Å². The highest BCUT2D eigenvalue weighted by molar-refractivity contribution is 9.11. The summed E-state index contributed by atoms with van der Waals surface area (Å²) >= 11 is 10.2. The minimum Gasteiger partial charge on any atom is -0.506 e. The van der Waals surface area contributed by atoms with Gasteiger partial charge in [-0.1, -0.05) is 29.8 Å². The maximum absolute atomic E-state index is 9.55. The van der Waals surface area contributed by atoms with E-state index in [0.717, 1.165) is 8.95 Å². The molecule has 0 aliphatic carbocycles. The van der Waals surface area contributed by atoms with Gasteiger partial charge < -0.3 is 5.11 Å². The summed E-state index contributed by atoms with van der Waals surface area (Å²) in [5.74, 6) is 0.659. The predicted molar refractivity (Wildman–Crippen MR) is 70.3 cm³/mol. The lowest BCUT2D eigenvalue weighted by atomic mass is 9.99. The SMILES string of the molecule is CC(Br)C(C)c1cc(Br)c(O)c(Br)c1. The Balaban J connectivity index is 3.12. The molecule has 2 atom stereocenters. The minimum absolute atomic E-state index is 0.253. The molecule has 0 spiro atoms. The first kappa shape index (κ1) is 12.5. The molecule has 2 unspecified atom stereocenters. The molecule has 0 saturated heterocycles. The van der Waals surface area contributed by atoms with Crippen molar-refractivity contribution in [3.05, 3.63) is 26.6 Å². The van der Waals surface area contributed by atoms with Crippen LogP contribution in [0.15, 0.2) is 21.1 Å². The Morgan fingerprint density at radius 2 is 1.57 bits per heavy atom. The molecular weight excluding hydrogens is 376 g/mol. The van der Waals surface area contributed by atoms with E-state index in [0.29, 0.717) is 10.7 Å². The second-order valence-electron chi connectivity index (χ2n) is 3.30. The van der Waals surface area contributed by atoms with E-state index in [4.69, 9.17) is 0 Å². The number of phenolic OH excluding ortho intramolecular Hbond substituents is 1. The van der Waals surface area contributed by atoms with E-state index in [1.165, 1.54) is 5.56 Å². The van der Waals surface area contributed by atoms with Crippen LogP contribution in [0.2, 0.25) is 0 Å². The second-order valence-corrected chi connectivity index (χ2v) is 6.45. The first-order valence-electron chi connectivity index (χ1n) is 4.25. The van der Waals surface area contributed by atoms with Gasteiger partial charge in [-0.2, -0.15) is 0 Å². The number of benzene rings is 1. The molecule has 0 heterocycles. The van der Waals surface area contributed by atoms with Gasteiger partial charge in [-0.3, -0.25) is 0 Å². The fourth-order valence-electron chi connectivity index (χ4n) is 1.11. The van der Waals surface area contributed by atoms with E-state index >= 15 is 0 Å². The molecule has 1 nitrogen and oxygen atoms in total. The Morgan fingerprint density at radius 1 is 1.14 bits per heavy atom. The fourth-order valence-corrected chi connectivity index (χ4v) is 2.64. The maximum Gasteiger partial charge on any atom is 0.143 e. The molecule has 78 valence electrons. The lowest BCUT2D eigenvalue weighted by Gasteiger charge is -2.16. The standard InChI is InChI=1S/C10H11Br3O/c1-5(6(2)11)7-3-8(12)10(14)9(13)4-7/h3-6,14H,1-2H3. The summed E-state index contributed by atoms with van der Waals surface area (Å²) in [6.07, 6.45) is 0. The van der Waals surface area contributed by atoms with Crippen LogP contribution in [-0.2, 0) is 0 Å². The van der Waals surface area contributed by atoms with Gasteiger partial charge in [-0.05, 0) is 55.5 Å². The van der Waals surface area contributed by atoms with Gasteiger partial charge in [-0.25, -0.2) is 0 Å². The van der Waals surface area contributed by atoms with Gasteiger partial charge in [0.25, 0.3) is 0 Å². The van der Waals surface area contributed by atoms with Crippen molar-refractivity contribution in [3.8, 4) is 5.75 Å². The summed E-state index contributed by atoms with van der Waals surface area (Å²) in [5, 5.41) is 9.55. The van der Waals surface area contributed by atoms with Crippen molar-refractivity contribution in [1.29, 1.82) is 0 Å². The molecule has 0 radical (unpaired) electrons. The van der Waals surface area contributed by atoms with Gasteiger partial charge in [0.05, 0.1) is 8.95 Å². The Kier molecular flexibility index (Phi) is 4.47. The van der Waals surface area contributed by atoms with Crippen LogP contribution in [-0.4, -0.2) is 9.93 Å². The summed E-state index contributed by atoms with van der Waals surface area (Å²) < 4.78 is 1.45. The largest absolute Gasteiger partial charge is 0.506 e. The summed E-state index contributed by atoms with van der Waals surface area (Å²) in [5.41, 5.74) is 1.19. The summed E-state index contributed by atoms with van der Waals surface area (Å²) in [6.45, 7) is 4.25. The maximum atomic E-state index is 9.55. The van der Waals surface area contributed by atoms with E-state index in [9.17, 15) is 5.11 Å². The molecule has 0 amide bonds. The highest BCUT2D eigenvalue weighted by Gasteiger charge is 2.14. The average molecular weight is 387 g/mol. The average Bonchev–Trinajstić information content (AvgIpc) is 2.12. The van der Waals surface area contributed by atoms with E-state index in [1.54, 1.807) is 0 Å². The lowest BCUT2D eigenvalue weighted by Crippen LogP contribution is -2.04. The van der Waals surface area contributed by atoms with E-state index in [1.807, 2.05) is 12.1 Å². The van der Waals surface area contributed by atoms with Crippen LogP contribution in [0.25, 0.3) is 0 Å². The van der Waals surface area contributed by atoms with Gasteiger partial charge in [0, 0.05) is 4.83 Å². The molecule has 4 heteroatoms. The van der Waals surface area contributed by atoms with Crippen LogP contribution in [0.4, 0.5) is 0 Å². The lowest BCUT2D eigenvalue weighted by molar-refractivity contribution is 0.468. The van der Waals surface area contributed by atoms with Crippen molar-refractivity contribution in [2.24, 2.45) is 0 Å². The van der Waals surface area contributed by atoms with Crippen molar-refractivity contribution < 1.29 is 5.11 Å². The third-order valence-electron chi connectivity index (χ3n) is 2.25. The highest BCUT2D eigenvalue weighted by atomic mass is 79.9. The van der Waals surface area contributed by atoms with Gasteiger partial charge in [0.1, 0.15) is 5.75 Å². The molecule has 1 aromatic carbocycles. The van der Waals surface area contributed by atoms with Crippen molar-refractivity contribution in [2.45, 2.75) is 24.6 Å². The van der Waals surface area contributed by atoms with Gasteiger partial charge in [-0.15, -0.1) is 0 Å². The second kappa shape index (κ2) is 4.99. The van der Waals surface area contributed by atoms with Crippen LogP contribution in [0.5, 0.6) is 5.75 Å². The number of hydrogen-bond acceptors (Lipinski definition) is 1. The highest BCUT2D eigenvalue weighted by Crippen LogP contribution is 2.37. The molecule has 1 N–H and O–H groups in total. The van der Waals surface area contributed by atoms with E-state index in [2.05, 4.69) is 61.6 Å². The molecular formula is C10H11Br3O. The number of rotatable bonds is 2. The number of alkyl halides is 1. The Labute approximate surface area is 109 Å². The number of phenols is 1. The Bertz CT molecular complexity index is 313. The topological polar surface area (TPSA) is 20.2 Å². The molecule has 14 heavy (non-hydrogen) atoms. The zero-order valence-electron chi connectivity index (χ0n) is 7.89. The van der Waals surface area contributed by atoms with Crippen LogP contribution < -0.4 is 0 Å². The van der Waals surface area contributed by atoms with Gasteiger partial charge in [0.2, 0.25) is 0 Å². The summed E-state index contributed by atoms with van der Waals surface area (Å²) in [4.78, 5) is 0.408. The van der Waals surface area contributed by atoms with Crippen LogP contribution in [0.1, 0.15) is 25.3 Å². The fraction of sp³-hybridized carbons (Fsp3) is 0.400. The monoisotopic (exact) mass is 384 g/mol. The quantitative estimate of drug-likeness (QED) is 0.723. The van der Waals surface area contributed by atoms with Gasteiger partial charge >= 0.3 is 0 Å². The van der Waals surface area contributed by atoms with Crippen molar-refractivity contribution >= 4 is 47.8 Å². The molecule has 1 rings (SSSR count). The Morgan fingerprint density at radius 3 is 1.93 bits per heavy atom. The van der Waals surface area contributed by atoms with Gasteiger partial charge in [0.15, 0.2) is 0 Å². The smallest absolute Gasteiger partial charge is 0.143 e. The molecule has 0 aromatic heterocycles. The molecule has 0 saturated carbocycles. The van der Waals surface area contributed by atoms with E-state index < -0.39 is 0 Å². The molecule has 0 aliphatic rings. The molecule has 0 fully saturated rings.